The number of nitrogens with zero attached hydrogens (tertiary/aromatic N) is 1. The minimum Gasteiger partial charge on any atom is -0.369 e. The lowest BCUT2D eigenvalue weighted by Crippen LogP contribution is -2.24. The first-order chi connectivity index (χ1) is 10.2. The van der Waals surface area contributed by atoms with Gasteiger partial charge in [0.25, 0.3) is 5.91 Å². The SMILES string of the molecule is CCCNc1ncccc1C(=O)NCc1cccc(F)c1. The Morgan fingerprint density at radius 3 is 2.90 bits per heavy atom. The maximum Gasteiger partial charge on any atom is 0.255 e. The van der Waals surface area contributed by atoms with Crippen molar-refractivity contribution in [1.29, 1.82) is 0 Å². The lowest BCUT2D eigenvalue weighted by Gasteiger charge is -2.10. The number of halogens is 1. The van der Waals surface area contributed by atoms with Gasteiger partial charge in [0, 0.05) is 19.3 Å². The zero-order valence-corrected chi connectivity index (χ0v) is 11.9. The molecule has 2 N–H and O–H groups in total. The maximum absolute atomic E-state index is 13.1. The number of amides is 1. The minimum absolute atomic E-state index is 0.231. The van der Waals surface area contributed by atoms with Crippen LogP contribution in [0.2, 0.25) is 0 Å². The molecular weight excluding hydrogens is 269 g/mol. The number of carbonyl (C=O) groups excluding carboxylic acids is 1. The lowest BCUT2D eigenvalue weighted by atomic mass is 10.2. The Hall–Kier alpha value is -2.43. The van der Waals surface area contributed by atoms with E-state index in [4.69, 9.17) is 0 Å². The molecule has 0 spiro atoms. The molecule has 110 valence electrons. The first kappa shape index (κ1) is 15.0. The third-order valence-corrected chi connectivity index (χ3v) is 2.94. The molecule has 4 nitrogen and oxygen atoms in total. The number of hydrogen-bond acceptors (Lipinski definition) is 3. The van der Waals surface area contributed by atoms with Crippen LogP contribution in [-0.4, -0.2) is 17.4 Å². The van der Waals surface area contributed by atoms with Gasteiger partial charge in [-0.3, -0.25) is 4.79 Å². The van der Waals surface area contributed by atoms with Crippen LogP contribution in [0.5, 0.6) is 0 Å². The molecule has 1 aromatic heterocycles. The predicted molar refractivity (Wildman–Crippen MR) is 80.6 cm³/mol. The Balaban J connectivity index is 2.03. The van der Waals surface area contributed by atoms with Crippen LogP contribution in [0.1, 0.15) is 29.3 Å². The van der Waals surface area contributed by atoms with E-state index in [1.807, 2.05) is 6.92 Å². The largest absolute Gasteiger partial charge is 0.369 e. The van der Waals surface area contributed by atoms with Gasteiger partial charge in [0.2, 0.25) is 0 Å². The Bertz CT molecular complexity index is 616. The predicted octanol–water partition coefficient (Wildman–Crippen LogP) is 2.97. The van der Waals surface area contributed by atoms with Crippen LogP contribution in [0.15, 0.2) is 42.6 Å². The molecular formula is C16H18FN3O. The zero-order valence-electron chi connectivity index (χ0n) is 11.9. The van der Waals surface area contributed by atoms with Crippen LogP contribution in [0, 0.1) is 5.82 Å². The molecule has 5 heteroatoms. The minimum atomic E-state index is -0.312. The molecule has 1 amide bonds. The summed E-state index contributed by atoms with van der Waals surface area (Å²) in [5.74, 6) is 0.0236. The van der Waals surface area contributed by atoms with Gasteiger partial charge in [-0.25, -0.2) is 9.37 Å². The number of anilines is 1. The molecule has 0 saturated carbocycles. The molecule has 0 bridgehead atoms. The molecule has 2 aromatic rings. The highest BCUT2D eigenvalue weighted by Gasteiger charge is 2.11. The first-order valence-electron chi connectivity index (χ1n) is 6.92. The monoisotopic (exact) mass is 287 g/mol. The molecule has 0 radical (unpaired) electrons. The van der Waals surface area contributed by atoms with Crippen LogP contribution < -0.4 is 10.6 Å². The van der Waals surface area contributed by atoms with Gasteiger partial charge in [-0.15, -0.1) is 0 Å². The third kappa shape index (κ3) is 4.27. The maximum atomic E-state index is 13.1. The van der Waals surface area contributed by atoms with Gasteiger partial charge in [-0.2, -0.15) is 0 Å². The van der Waals surface area contributed by atoms with Gasteiger partial charge < -0.3 is 10.6 Å². The lowest BCUT2D eigenvalue weighted by molar-refractivity contribution is 0.0951. The molecule has 0 saturated heterocycles. The van der Waals surface area contributed by atoms with Crippen molar-refractivity contribution in [3.05, 3.63) is 59.5 Å². The second kappa shape index (κ2) is 7.38. The highest BCUT2D eigenvalue weighted by atomic mass is 19.1. The summed E-state index contributed by atoms with van der Waals surface area (Å²) < 4.78 is 13.1. The van der Waals surface area contributed by atoms with Gasteiger partial charge in [-0.1, -0.05) is 19.1 Å². The summed E-state index contributed by atoms with van der Waals surface area (Å²) in [5, 5.41) is 5.89. The smallest absolute Gasteiger partial charge is 0.255 e. The fourth-order valence-corrected chi connectivity index (χ4v) is 1.90. The van der Waals surface area contributed by atoms with Crippen molar-refractivity contribution in [2.75, 3.05) is 11.9 Å². The number of nitrogens with one attached hydrogen (secondary N) is 2. The molecule has 0 fully saturated rings. The number of rotatable bonds is 6. The highest BCUT2D eigenvalue weighted by molar-refractivity contribution is 5.98. The summed E-state index contributed by atoms with van der Waals surface area (Å²) in [6.07, 6.45) is 2.59. The molecule has 0 aliphatic heterocycles. The first-order valence-corrected chi connectivity index (χ1v) is 6.92. The topological polar surface area (TPSA) is 54.0 Å². The van der Waals surface area contributed by atoms with Gasteiger partial charge in [0.05, 0.1) is 5.56 Å². The second-order valence-electron chi connectivity index (χ2n) is 4.64. The molecule has 0 unspecified atom stereocenters. The number of aromatic nitrogens is 1. The summed E-state index contributed by atoms with van der Waals surface area (Å²) in [4.78, 5) is 16.4. The number of benzene rings is 1. The Morgan fingerprint density at radius 2 is 2.14 bits per heavy atom. The summed E-state index contributed by atoms with van der Waals surface area (Å²) >= 11 is 0. The summed E-state index contributed by atoms with van der Waals surface area (Å²) in [5.41, 5.74) is 1.21. The van der Waals surface area contributed by atoms with E-state index in [-0.39, 0.29) is 18.3 Å². The van der Waals surface area contributed by atoms with E-state index >= 15 is 0 Å². The van der Waals surface area contributed by atoms with Crippen LogP contribution in [0.25, 0.3) is 0 Å². The average molecular weight is 287 g/mol. The van der Waals surface area contributed by atoms with Crippen molar-refractivity contribution in [3.8, 4) is 0 Å². The van der Waals surface area contributed by atoms with Gasteiger partial charge in [0.15, 0.2) is 0 Å². The molecule has 0 aliphatic rings. The standard InChI is InChI=1S/C16H18FN3O/c1-2-8-18-15-14(7-4-9-19-15)16(21)20-11-12-5-3-6-13(17)10-12/h3-7,9-10H,2,8,11H2,1H3,(H,18,19)(H,20,21). The van der Waals surface area contributed by atoms with Crippen molar-refractivity contribution in [2.45, 2.75) is 19.9 Å². The summed E-state index contributed by atoms with van der Waals surface area (Å²) in [6.45, 7) is 3.07. The molecule has 21 heavy (non-hydrogen) atoms. The number of carbonyl (C=O) groups is 1. The van der Waals surface area contributed by atoms with E-state index in [0.717, 1.165) is 18.5 Å². The van der Waals surface area contributed by atoms with E-state index in [9.17, 15) is 9.18 Å². The molecule has 2 rings (SSSR count). The second-order valence-corrected chi connectivity index (χ2v) is 4.64. The fourth-order valence-electron chi connectivity index (χ4n) is 1.90. The van der Waals surface area contributed by atoms with Gasteiger partial charge >= 0.3 is 0 Å². The van der Waals surface area contributed by atoms with Crippen LogP contribution in [0.3, 0.4) is 0 Å². The van der Waals surface area contributed by atoms with Crippen LogP contribution in [-0.2, 0) is 6.54 Å². The molecule has 1 aromatic carbocycles. The number of pyridine rings is 1. The van der Waals surface area contributed by atoms with Crippen molar-refractivity contribution in [3.63, 3.8) is 0 Å². The van der Waals surface area contributed by atoms with Crippen molar-refractivity contribution in [2.24, 2.45) is 0 Å². The summed E-state index contributed by atoms with van der Waals surface area (Å²) in [6, 6.07) is 9.59. The fraction of sp³-hybridized carbons (Fsp3) is 0.250. The Labute approximate surface area is 123 Å². The van der Waals surface area contributed by atoms with Crippen LogP contribution >= 0.6 is 0 Å². The molecule has 1 heterocycles. The summed E-state index contributed by atoms with van der Waals surface area (Å²) in [7, 11) is 0. The van der Waals surface area contributed by atoms with Gasteiger partial charge in [-0.05, 0) is 36.2 Å². The Morgan fingerprint density at radius 1 is 1.29 bits per heavy atom. The third-order valence-electron chi connectivity index (χ3n) is 2.94. The van der Waals surface area contributed by atoms with E-state index < -0.39 is 0 Å². The van der Waals surface area contributed by atoms with Gasteiger partial charge in [0.1, 0.15) is 11.6 Å². The molecule has 0 aliphatic carbocycles. The quantitative estimate of drug-likeness (QED) is 0.859. The van der Waals surface area contributed by atoms with E-state index in [1.54, 1.807) is 30.5 Å². The zero-order chi connectivity index (χ0) is 15.1. The number of hydrogen-bond donors (Lipinski definition) is 2. The van der Waals surface area contributed by atoms with Crippen molar-refractivity contribution >= 4 is 11.7 Å². The van der Waals surface area contributed by atoms with Crippen molar-refractivity contribution < 1.29 is 9.18 Å². The van der Waals surface area contributed by atoms with Crippen LogP contribution in [0.4, 0.5) is 10.2 Å². The Kier molecular flexibility index (Phi) is 5.26. The van der Waals surface area contributed by atoms with E-state index in [1.165, 1.54) is 12.1 Å². The highest BCUT2D eigenvalue weighted by Crippen LogP contribution is 2.12. The molecule has 0 atom stereocenters. The normalized spacial score (nSPS) is 10.2. The van der Waals surface area contributed by atoms with Crippen molar-refractivity contribution in [1.82, 2.24) is 10.3 Å². The average Bonchev–Trinajstić information content (AvgIpc) is 2.51. The van der Waals surface area contributed by atoms with E-state index in [2.05, 4.69) is 15.6 Å². The van der Waals surface area contributed by atoms with E-state index in [0.29, 0.717) is 11.4 Å².